The fraction of sp³-hybridized carbons (Fsp3) is 0.851. The first kappa shape index (κ1) is 52.6. The largest absolute Gasteiger partial charge is 0.462 e. The number of allylic oxidation sites excluding steroid dienone is 4. The molecule has 0 bridgehead atoms. The third-order valence-corrected chi connectivity index (χ3v) is 10.1. The average molecular weight is 777 g/mol. The van der Waals surface area contributed by atoms with Crippen molar-refractivity contribution < 1.29 is 28.6 Å². The van der Waals surface area contributed by atoms with Crippen molar-refractivity contribution in [2.24, 2.45) is 0 Å². The number of unbranched alkanes of at least 4 members (excludes halogenated alkanes) is 23. The topological polar surface area (TPSA) is 94.2 Å². The number of carbonyl (C=O) groups excluding carboxylic acids is 3. The van der Waals surface area contributed by atoms with Crippen LogP contribution in [0.2, 0.25) is 0 Å². The van der Waals surface area contributed by atoms with Crippen molar-refractivity contribution in [3.8, 4) is 0 Å². The fourth-order valence-corrected chi connectivity index (χ4v) is 6.39. The Balaban J connectivity index is 4.30. The average Bonchev–Trinajstić information content (AvgIpc) is 3.18. The highest BCUT2D eigenvalue weighted by atomic mass is 16.6. The lowest BCUT2D eigenvalue weighted by Gasteiger charge is -2.20. The minimum atomic E-state index is -0.853. The van der Waals surface area contributed by atoms with Gasteiger partial charge >= 0.3 is 18.0 Å². The number of amides is 1. The summed E-state index contributed by atoms with van der Waals surface area (Å²) in [4.78, 5) is 39.7. The third-order valence-electron chi connectivity index (χ3n) is 10.1. The van der Waals surface area contributed by atoms with Gasteiger partial charge in [-0.05, 0) is 84.2 Å². The molecule has 0 aromatic carbocycles. The molecule has 322 valence electrons. The van der Waals surface area contributed by atoms with Crippen LogP contribution in [0.1, 0.15) is 213 Å². The van der Waals surface area contributed by atoms with E-state index in [2.05, 4.69) is 55.3 Å². The van der Waals surface area contributed by atoms with Gasteiger partial charge in [-0.15, -0.1) is 0 Å². The molecule has 0 saturated carbocycles. The Morgan fingerprint density at radius 2 is 0.855 bits per heavy atom. The summed E-state index contributed by atoms with van der Waals surface area (Å²) in [6.45, 7) is 8.52. The molecule has 0 aliphatic rings. The first-order chi connectivity index (χ1) is 26.9. The minimum absolute atomic E-state index is 0.131. The van der Waals surface area contributed by atoms with E-state index in [-0.39, 0.29) is 25.2 Å². The second kappa shape index (κ2) is 42.8. The molecule has 8 heteroatoms. The molecule has 0 spiro atoms. The van der Waals surface area contributed by atoms with E-state index in [1.807, 2.05) is 7.05 Å². The maximum Gasteiger partial charge on any atom is 0.407 e. The van der Waals surface area contributed by atoms with Gasteiger partial charge < -0.3 is 24.4 Å². The second-order valence-electron chi connectivity index (χ2n) is 15.6. The van der Waals surface area contributed by atoms with Gasteiger partial charge in [0.1, 0.15) is 13.2 Å². The van der Waals surface area contributed by atoms with E-state index < -0.39 is 12.2 Å². The number of alkyl carbamates (subject to hydrolysis) is 1. The van der Waals surface area contributed by atoms with Crippen LogP contribution < -0.4 is 5.32 Å². The number of nitrogens with zero attached hydrogens (tertiary/aromatic N) is 1. The Morgan fingerprint density at radius 1 is 0.491 bits per heavy atom. The molecule has 0 saturated heterocycles. The van der Waals surface area contributed by atoms with E-state index in [1.54, 1.807) is 0 Å². The van der Waals surface area contributed by atoms with Gasteiger partial charge in [-0.2, -0.15) is 0 Å². The van der Waals surface area contributed by atoms with Crippen molar-refractivity contribution in [2.45, 2.75) is 219 Å². The molecule has 0 rings (SSSR count). The van der Waals surface area contributed by atoms with Crippen molar-refractivity contribution >= 4 is 18.0 Å². The summed E-state index contributed by atoms with van der Waals surface area (Å²) >= 11 is 0. The molecule has 8 nitrogen and oxygen atoms in total. The fourth-order valence-electron chi connectivity index (χ4n) is 6.39. The molecular weight excluding hydrogens is 689 g/mol. The van der Waals surface area contributed by atoms with E-state index in [0.29, 0.717) is 25.9 Å². The van der Waals surface area contributed by atoms with E-state index in [9.17, 15) is 14.4 Å². The van der Waals surface area contributed by atoms with Crippen molar-refractivity contribution in [2.75, 3.05) is 39.9 Å². The second-order valence-corrected chi connectivity index (χ2v) is 15.6. The van der Waals surface area contributed by atoms with Crippen LogP contribution in [-0.4, -0.2) is 68.9 Å². The van der Waals surface area contributed by atoms with Crippen LogP contribution in [0.4, 0.5) is 4.79 Å². The molecule has 1 amide bonds. The maximum atomic E-state index is 12.6. The molecule has 0 unspecified atom stereocenters. The van der Waals surface area contributed by atoms with Crippen molar-refractivity contribution in [1.82, 2.24) is 10.2 Å². The zero-order valence-electron chi connectivity index (χ0n) is 36.5. The minimum Gasteiger partial charge on any atom is -0.462 e. The lowest BCUT2D eigenvalue weighted by Crippen LogP contribution is -2.38. The van der Waals surface area contributed by atoms with Crippen LogP contribution >= 0.6 is 0 Å². The molecule has 0 radical (unpaired) electrons. The molecule has 0 aromatic rings. The zero-order chi connectivity index (χ0) is 40.3. The SMILES string of the molecule is CCCCCCCCC=CCCCCCCCC(=O)OCC(COC(=O)CCCCCCCC=CCCCCCCCC)OC(=O)NCCN(C)CCCC. The van der Waals surface area contributed by atoms with Crippen LogP contribution in [0.15, 0.2) is 24.3 Å². The number of esters is 2. The van der Waals surface area contributed by atoms with Crippen molar-refractivity contribution in [1.29, 1.82) is 0 Å². The zero-order valence-corrected chi connectivity index (χ0v) is 36.5. The van der Waals surface area contributed by atoms with Crippen LogP contribution in [-0.2, 0) is 23.8 Å². The number of rotatable bonds is 41. The molecule has 0 atom stereocenters. The summed E-state index contributed by atoms with van der Waals surface area (Å²) in [5.41, 5.74) is 0. The van der Waals surface area contributed by atoms with Gasteiger partial charge in [-0.25, -0.2) is 4.79 Å². The molecule has 0 aliphatic heterocycles. The van der Waals surface area contributed by atoms with Crippen LogP contribution in [0.25, 0.3) is 0 Å². The Bertz CT molecular complexity index is 867. The number of hydrogen-bond donors (Lipinski definition) is 1. The number of hydrogen-bond acceptors (Lipinski definition) is 7. The van der Waals surface area contributed by atoms with E-state index in [0.717, 1.165) is 83.6 Å². The number of ether oxygens (including phenoxy) is 3. The maximum absolute atomic E-state index is 12.6. The highest BCUT2D eigenvalue weighted by Crippen LogP contribution is 2.13. The lowest BCUT2D eigenvalue weighted by atomic mass is 10.1. The summed E-state index contributed by atoms with van der Waals surface area (Å²) in [6.07, 6.45) is 41.9. The van der Waals surface area contributed by atoms with Gasteiger partial charge in [-0.1, -0.05) is 154 Å². The molecule has 1 N–H and O–H groups in total. The number of nitrogens with one attached hydrogen (secondary N) is 1. The predicted molar refractivity (Wildman–Crippen MR) is 231 cm³/mol. The summed E-state index contributed by atoms with van der Waals surface area (Å²) in [5.74, 6) is -0.632. The highest BCUT2D eigenvalue weighted by Gasteiger charge is 2.19. The molecule has 0 aliphatic carbocycles. The van der Waals surface area contributed by atoms with Gasteiger partial charge in [0.25, 0.3) is 0 Å². The van der Waals surface area contributed by atoms with Gasteiger partial charge in [0.15, 0.2) is 6.10 Å². The number of carbonyl (C=O) groups is 3. The molecule has 55 heavy (non-hydrogen) atoms. The summed E-state index contributed by atoms with van der Waals surface area (Å²) in [6, 6.07) is 0. The standard InChI is InChI=1S/C47H88N2O6/c1-5-8-11-13-15-17-19-21-23-25-27-29-31-33-35-37-45(50)53-42-44(55-47(52)48-39-41-49(4)40-10-7-3)43-54-46(51)38-36-34-32-30-28-26-24-22-20-18-16-14-12-9-6-2/h21-24,44H,5-20,25-43H2,1-4H3,(H,48,52). The van der Waals surface area contributed by atoms with Crippen molar-refractivity contribution in [3.63, 3.8) is 0 Å². The van der Waals surface area contributed by atoms with E-state index in [1.165, 1.54) is 103 Å². The third kappa shape index (κ3) is 41.1. The predicted octanol–water partition coefficient (Wildman–Crippen LogP) is 13.0. The normalized spacial score (nSPS) is 12.2. The van der Waals surface area contributed by atoms with Gasteiger partial charge in [0.05, 0.1) is 0 Å². The van der Waals surface area contributed by atoms with Crippen molar-refractivity contribution in [3.05, 3.63) is 24.3 Å². The summed E-state index contributed by atoms with van der Waals surface area (Å²) < 4.78 is 16.5. The number of likely N-dealkylation sites (N-methyl/N-ethyl adjacent to an activating group) is 1. The Hall–Kier alpha value is -2.35. The smallest absolute Gasteiger partial charge is 0.407 e. The monoisotopic (exact) mass is 777 g/mol. The molecule has 0 fully saturated rings. The quantitative estimate of drug-likeness (QED) is 0.0286. The first-order valence-electron chi connectivity index (χ1n) is 23.2. The highest BCUT2D eigenvalue weighted by molar-refractivity contribution is 5.70. The Kier molecular flexibility index (Phi) is 41.0. The molecular formula is C47H88N2O6. The van der Waals surface area contributed by atoms with Gasteiger partial charge in [0.2, 0.25) is 0 Å². The van der Waals surface area contributed by atoms with Crippen LogP contribution in [0.5, 0.6) is 0 Å². The van der Waals surface area contributed by atoms with Gasteiger partial charge in [0, 0.05) is 25.9 Å². The molecule has 0 aromatic heterocycles. The Morgan fingerprint density at radius 3 is 1.25 bits per heavy atom. The molecule has 0 heterocycles. The summed E-state index contributed by atoms with van der Waals surface area (Å²) in [7, 11) is 2.02. The lowest BCUT2D eigenvalue weighted by molar-refractivity contribution is -0.152. The van der Waals surface area contributed by atoms with E-state index >= 15 is 0 Å². The van der Waals surface area contributed by atoms with Gasteiger partial charge in [-0.3, -0.25) is 9.59 Å². The Labute approximate surface area is 339 Å². The summed E-state index contributed by atoms with van der Waals surface area (Å²) in [5, 5.41) is 2.77. The van der Waals surface area contributed by atoms with E-state index in [4.69, 9.17) is 14.2 Å². The first-order valence-corrected chi connectivity index (χ1v) is 23.2. The van der Waals surface area contributed by atoms with Crippen LogP contribution in [0, 0.1) is 0 Å². The van der Waals surface area contributed by atoms with Crippen LogP contribution in [0.3, 0.4) is 0 Å².